The molecule has 1 aromatic heterocycles. The molecule has 0 spiro atoms. The van der Waals surface area contributed by atoms with Crippen molar-refractivity contribution in [3.8, 4) is 0 Å². The smallest absolute Gasteiger partial charge is 0.0270 e. The van der Waals surface area contributed by atoms with Gasteiger partial charge in [0.2, 0.25) is 0 Å². The Hall–Kier alpha value is -1.11. The fourth-order valence-electron chi connectivity index (χ4n) is 1.92. The molecule has 1 nitrogen and oxygen atoms in total. The minimum absolute atomic E-state index is 0.349. The summed E-state index contributed by atoms with van der Waals surface area (Å²) in [4.78, 5) is 4.03. The van der Waals surface area contributed by atoms with Gasteiger partial charge in [0.15, 0.2) is 0 Å². The van der Waals surface area contributed by atoms with Crippen LogP contribution in [0.2, 0.25) is 0 Å². The molecular weight excluding hydrogens is 158 g/mol. The zero-order valence-electron chi connectivity index (χ0n) is 8.25. The van der Waals surface area contributed by atoms with E-state index in [-0.39, 0.29) is 0 Å². The maximum Gasteiger partial charge on any atom is 0.0270 e. The third-order valence-corrected chi connectivity index (χ3v) is 3.32. The van der Waals surface area contributed by atoms with E-state index in [9.17, 15) is 0 Å². The Morgan fingerprint density at radius 3 is 2.62 bits per heavy atom. The second-order valence-corrected chi connectivity index (χ2v) is 4.24. The lowest BCUT2D eigenvalue weighted by atomic mass is 9.95. The lowest BCUT2D eigenvalue weighted by molar-refractivity contribution is 0.659. The van der Waals surface area contributed by atoms with E-state index in [1.54, 1.807) is 0 Å². The lowest BCUT2D eigenvalue weighted by Gasteiger charge is -2.10. The second-order valence-electron chi connectivity index (χ2n) is 4.24. The lowest BCUT2D eigenvalue weighted by Crippen LogP contribution is -1.97. The van der Waals surface area contributed by atoms with Gasteiger partial charge in [-0.1, -0.05) is 19.1 Å². The first-order valence-electron chi connectivity index (χ1n) is 4.70. The van der Waals surface area contributed by atoms with Crippen molar-refractivity contribution in [2.24, 2.45) is 5.41 Å². The van der Waals surface area contributed by atoms with E-state index >= 15 is 0 Å². The molecular formula is C12H15N. The topological polar surface area (TPSA) is 12.9 Å². The molecule has 13 heavy (non-hydrogen) atoms. The van der Waals surface area contributed by atoms with Crippen LogP contribution >= 0.6 is 0 Å². The first-order chi connectivity index (χ1) is 6.14. The summed E-state index contributed by atoms with van der Waals surface area (Å²) in [6, 6.07) is 4.22. The van der Waals surface area contributed by atoms with Crippen LogP contribution in [0.3, 0.4) is 0 Å². The quantitative estimate of drug-likeness (QED) is 0.626. The van der Waals surface area contributed by atoms with Crippen molar-refractivity contribution in [1.29, 1.82) is 0 Å². The van der Waals surface area contributed by atoms with Crippen LogP contribution in [0.15, 0.2) is 36.7 Å². The van der Waals surface area contributed by atoms with E-state index in [1.165, 1.54) is 17.6 Å². The summed E-state index contributed by atoms with van der Waals surface area (Å²) >= 11 is 0. The number of hydrogen-bond donors (Lipinski definition) is 0. The van der Waals surface area contributed by atoms with E-state index in [2.05, 4.69) is 37.5 Å². The highest BCUT2D eigenvalue weighted by Crippen LogP contribution is 2.62. The first-order valence-corrected chi connectivity index (χ1v) is 4.70. The minimum Gasteiger partial charge on any atom is -0.265 e. The molecule has 2 atom stereocenters. The van der Waals surface area contributed by atoms with E-state index in [4.69, 9.17) is 0 Å². The number of rotatable bonds is 2. The Morgan fingerprint density at radius 2 is 2.15 bits per heavy atom. The molecule has 1 aromatic rings. The van der Waals surface area contributed by atoms with E-state index in [0.29, 0.717) is 11.3 Å². The number of hydrogen-bond acceptors (Lipinski definition) is 1. The summed E-state index contributed by atoms with van der Waals surface area (Å²) in [6.45, 7) is 8.47. The van der Waals surface area contributed by atoms with E-state index < -0.39 is 0 Å². The van der Waals surface area contributed by atoms with Crippen molar-refractivity contribution < 1.29 is 0 Å². The van der Waals surface area contributed by atoms with Crippen LogP contribution in [0.25, 0.3) is 0 Å². The van der Waals surface area contributed by atoms with Gasteiger partial charge in [0.05, 0.1) is 0 Å². The summed E-state index contributed by atoms with van der Waals surface area (Å²) in [5.74, 6) is 0.674. The molecule has 2 unspecified atom stereocenters. The maximum absolute atomic E-state index is 4.05. The molecule has 2 rings (SSSR count). The van der Waals surface area contributed by atoms with Crippen LogP contribution in [-0.2, 0) is 0 Å². The maximum atomic E-state index is 4.05. The monoisotopic (exact) mass is 173 g/mol. The molecule has 1 aliphatic carbocycles. The van der Waals surface area contributed by atoms with E-state index in [1.807, 2.05) is 12.4 Å². The second kappa shape index (κ2) is 2.69. The molecule has 1 heterocycles. The molecule has 1 heteroatoms. The zero-order valence-corrected chi connectivity index (χ0v) is 8.25. The average Bonchev–Trinajstić information content (AvgIpc) is 2.81. The molecule has 1 fully saturated rings. The number of allylic oxidation sites excluding steroid dienone is 1. The first kappa shape index (κ1) is 8.49. The summed E-state index contributed by atoms with van der Waals surface area (Å²) in [6.07, 6.45) is 4.98. The van der Waals surface area contributed by atoms with Crippen molar-refractivity contribution in [2.75, 3.05) is 0 Å². The Labute approximate surface area is 79.5 Å². The third kappa shape index (κ3) is 1.28. The zero-order chi connectivity index (χ0) is 9.47. The molecule has 0 bridgehead atoms. The molecule has 1 saturated carbocycles. The van der Waals surface area contributed by atoms with Crippen molar-refractivity contribution >= 4 is 0 Å². The molecule has 0 amide bonds. The van der Waals surface area contributed by atoms with Crippen LogP contribution in [0.5, 0.6) is 0 Å². The van der Waals surface area contributed by atoms with Crippen LogP contribution in [0.4, 0.5) is 0 Å². The standard InChI is InChI=1S/C12H15N/c1-9(2)12(3)8-11(12)10-4-6-13-7-5-10/h4-7,11H,1,8H2,2-3H3. The van der Waals surface area contributed by atoms with Gasteiger partial charge in [-0.05, 0) is 42.4 Å². The van der Waals surface area contributed by atoms with Crippen molar-refractivity contribution in [3.63, 3.8) is 0 Å². The van der Waals surface area contributed by atoms with Gasteiger partial charge in [0.1, 0.15) is 0 Å². The molecule has 0 saturated heterocycles. The highest BCUT2D eigenvalue weighted by atomic mass is 14.6. The molecule has 0 aliphatic heterocycles. The van der Waals surface area contributed by atoms with E-state index in [0.717, 1.165) is 0 Å². The highest BCUT2D eigenvalue weighted by molar-refractivity contribution is 5.34. The summed E-state index contributed by atoms with van der Waals surface area (Å²) < 4.78 is 0. The van der Waals surface area contributed by atoms with Gasteiger partial charge in [-0.25, -0.2) is 0 Å². The van der Waals surface area contributed by atoms with Crippen LogP contribution < -0.4 is 0 Å². The fourth-order valence-corrected chi connectivity index (χ4v) is 1.92. The van der Waals surface area contributed by atoms with Gasteiger partial charge in [-0.15, -0.1) is 0 Å². The van der Waals surface area contributed by atoms with Gasteiger partial charge in [-0.3, -0.25) is 4.98 Å². The largest absolute Gasteiger partial charge is 0.265 e. The number of pyridine rings is 1. The SMILES string of the molecule is C=C(C)C1(C)CC1c1ccncc1. The van der Waals surface area contributed by atoms with Crippen molar-refractivity contribution in [3.05, 3.63) is 42.2 Å². The van der Waals surface area contributed by atoms with Gasteiger partial charge < -0.3 is 0 Å². The Morgan fingerprint density at radius 1 is 1.54 bits per heavy atom. The number of nitrogens with zero attached hydrogens (tertiary/aromatic N) is 1. The number of aromatic nitrogens is 1. The Balaban J connectivity index is 2.21. The molecule has 0 radical (unpaired) electrons. The molecule has 0 N–H and O–H groups in total. The van der Waals surface area contributed by atoms with Crippen LogP contribution in [0.1, 0.15) is 31.7 Å². The van der Waals surface area contributed by atoms with Gasteiger partial charge >= 0.3 is 0 Å². The molecule has 0 aromatic carbocycles. The Kier molecular flexibility index (Phi) is 1.76. The molecule has 68 valence electrons. The van der Waals surface area contributed by atoms with Gasteiger partial charge in [-0.2, -0.15) is 0 Å². The van der Waals surface area contributed by atoms with Gasteiger partial charge in [0, 0.05) is 12.4 Å². The summed E-state index contributed by atoms with van der Waals surface area (Å²) in [7, 11) is 0. The third-order valence-electron chi connectivity index (χ3n) is 3.32. The Bertz CT molecular complexity index is 328. The van der Waals surface area contributed by atoms with Crippen LogP contribution in [-0.4, -0.2) is 4.98 Å². The minimum atomic E-state index is 0.349. The highest BCUT2D eigenvalue weighted by Gasteiger charge is 2.50. The van der Waals surface area contributed by atoms with Crippen LogP contribution in [0, 0.1) is 5.41 Å². The predicted molar refractivity (Wildman–Crippen MR) is 54.5 cm³/mol. The molecule has 1 aliphatic rings. The van der Waals surface area contributed by atoms with Gasteiger partial charge in [0.25, 0.3) is 0 Å². The van der Waals surface area contributed by atoms with Crippen molar-refractivity contribution in [2.45, 2.75) is 26.2 Å². The summed E-state index contributed by atoms with van der Waals surface area (Å²) in [5, 5.41) is 0. The normalized spacial score (nSPS) is 31.4. The summed E-state index contributed by atoms with van der Waals surface area (Å²) in [5.41, 5.74) is 3.05. The fraction of sp³-hybridized carbons (Fsp3) is 0.417. The predicted octanol–water partition coefficient (Wildman–Crippen LogP) is 3.15. The van der Waals surface area contributed by atoms with Crippen molar-refractivity contribution in [1.82, 2.24) is 4.98 Å². The average molecular weight is 173 g/mol.